The summed E-state index contributed by atoms with van der Waals surface area (Å²) in [6.45, 7) is 1.23. The molecule has 13 heteroatoms. The third kappa shape index (κ3) is 4.54. The summed E-state index contributed by atoms with van der Waals surface area (Å²) in [5.41, 5.74) is 0.197. The quantitative estimate of drug-likeness (QED) is 0.362. The number of carbonyl (C=O) groups is 1. The first kappa shape index (κ1) is 22.4. The normalized spacial score (nSPS) is 26.2. The molecular formula is C18H18N4O6S3. The minimum absolute atomic E-state index is 0.233. The third-order valence-electron chi connectivity index (χ3n) is 4.56. The van der Waals surface area contributed by atoms with E-state index in [2.05, 4.69) is 19.9 Å². The molecule has 3 aromatic rings. The Morgan fingerprint density at radius 3 is 2.65 bits per heavy atom. The summed E-state index contributed by atoms with van der Waals surface area (Å²) in [7, 11) is 0. The van der Waals surface area contributed by atoms with Crippen molar-refractivity contribution < 1.29 is 30.0 Å². The molecule has 1 aliphatic heterocycles. The number of aryl methyl sites for hydroxylation is 1. The average Bonchev–Trinajstić information content (AvgIpc) is 3.41. The van der Waals surface area contributed by atoms with Crippen LogP contribution in [0.3, 0.4) is 0 Å². The van der Waals surface area contributed by atoms with Crippen LogP contribution in [-0.2, 0) is 4.74 Å². The van der Waals surface area contributed by atoms with Crippen molar-refractivity contribution in [2.24, 2.45) is 0 Å². The molecule has 5 atom stereocenters. The molecule has 0 spiro atoms. The summed E-state index contributed by atoms with van der Waals surface area (Å²) < 4.78 is 5.91. The maximum atomic E-state index is 13.0. The van der Waals surface area contributed by atoms with E-state index in [0.29, 0.717) is 30.5 Å². The van der Waals surface area contributed by atoms with Crippen LogP contribution >= 0.6 is 34.4 Å². The smallest absolute Gasteiger partial charge is 0.216 e. The van der Waals surface area contributed by atoms with Crippen molar-refractivity contribution in [2.45, 2.75) is 41.1 Å². The van der Waals surface area contributed by atoms with Gasteiger partial charge in [0.05, 0.1) is 34.4 Å². The van der Waals surface area contributed by atoms with Gasteiger partial charge >= 0.3 is 0 Å². The zero-order chi connectivity index (χ0) is 22.1. The molecule has 4 rings (SSSR count). The fourth-order valence-electron chi connectivity index (χ4n) is 2.92. The van der Waals surface area contributed by atoms with Gasteiger partial charge < -0.3 is 25.2 Å². The van der Waals surface area contributed by atoms with E-state index in [1.54, 1.807) is 25.5 Å². The van der Waals surface area contributed by atoms with Crippen LogP contribution in [0.1, 0.15) is 20.2 Å². The van der Waals surface area contributed by atoms with Gasteiger partial charge in [-0.25, -0.2) is 9.97 Å². The maximum Gasteiger partial charge on any atom is 0.216 e. The Morgan fingerprint density at radius 2 is 1.94 bits per heavy atom. The summed E-state index contributed by atoms with van der Waals surface area (Å²) in [5, 5.41) is 39.9. The Labute approximate surface area is 188 Å². The first-order chi connectivity index (χ1) is 14.9. The van der Waals surface area contributed by atoms with E-state index >= 15 is 0 Å². The van der Waals surface area contributed by atoms with E-state index in [1.165, 1.54) is 17.5 Å². The van der Waals surface area contributed by atoms with E-state index in [1.807, 2.05) is 0 Å². The number of nitrogens with zero attached hydrogens (tertiary/aromatic N) is 4. The van der Waals surface area contributed by atoms with Crippen LogP contribution in [-0.4, -0.2) is 82.6 Å². The summed E-state index contributed by atoms with van der Waals surface area (Å²) in [4.78, 5) is 30.7. The molecule has 31 heavy (non-hydrogen) atoms. The number of ketones is 1. The second-order valence-electron chi connectivity index (χ2n) is 6.66. The Kier molecular flexibility index (Phi) is 6.74. The highest BCUT2D eigenvalue weighted by molar-refractivity contribution is 8.01. The lowest BCUT2D eigenvalue weighted by Gasteiger charge is -2.39. The summed E-state index contributed by atoms with van der Waals surface area (Å²) in [6, 6.07) is 0. The van der Waals surface area contributed by atoms with Crippen molar-refractivity contribution in [2.75, 3.05) is 6.61 Å². The zero-order valence-electron chi connectivity index (χ0n) is 16.0. The van der Waals surface area contributed by atoms with E-state index in [0.717, 1.165) is 23.1 Å². The fourth-order valence-corrected chi connectivity index (χ4v) is 6.12. The second kappa shape index (κ2) is 9.34. The van der Waals surface area contributed by atoms with Crippen molar-refractivity contribution in [3.63, 3.8) is 0 Å². The molecule has 1 aliphatic rings. The lowest BCUT2D eigenvalue weighted by Crippen LogP contribution is -2.57. The summed E-state index contributed by atoms with van der Waals surface area (Å²) >= 11 is 3.34. The van der Waals surface area contributed by atoms with Gasteiger partial charge in [0.25, 0.3) is 0 Å². The van der Waals surface area contributed by atoms with E-state index in [-0.39, 0.29) is 5.78 Å². The standard InChI is InChI=1S/C18H18N4O6S3/c1-7-15(30-16(22-7)8-4-19-2-3-20-8)12(25)10-5-21-18(29-10)31-17-14(27)13(26)11(24)9(6-23)28-17/h2-5,9,11,13-14,17,23-24,26-27H,6H2,1H3. The number of aliphatic hydroxyl groups excluding tert-OH is 4. The monoisotopic (exact) mass is 482 g/mol. The van der Waals surface area contributed by atoms with Gasteiger partial charge in [-0.05, 0) is 6.92 Å². The lowest BCUT2D eigenvalue weighted by atomic mass is 10.0. The number of aliphatic hydroxyl groups is 4. The lowest BCUT2D eigenvalue weighted by molar-refractivity contribution is -0.205. The Bertz CT molecular complexity index is 1060. The number of rotatable bonds is 6. The first-order valence-corrected chi connectivity index (χ1v) is 11.6. The van der Waals surface area contributed by atoms with Crippen LogP contribution in [0.5, 0.6) is 0 Å². The maximum absolute atomic E-state index is 13.0. The molecular weight excluding hydrogens is 464 g/mol. The zero-order valence-corrected chi connectivity index (χ0v) is 18.5. The molecule has 0 saturated carbocycles. The van der Waals surface area contributed by atoms with Crippen LogP contribution in [0.25, 0.3) is 10.7 Å². The molecule has 0 bridgehead atoms. The molecule has 0 aromatic carbocycles. The number of thioether (sulfide) groups is 1. The number of carbonyl (C=O) groups excluding carboxylic acids is 1. The number of aromatic nitrogens is 4. The second-order valence-corrected chi connectivity index (χ2v) is 10.0. The van der Waals surface area contributed by atoms with Crippen LogP contribution < -0.4 is 0 Å². The molecule has 0 amide bonds. The SMILES string of the molecule is Cc1nc(-c2cnccn2)sc1C(=O)c1cnc(SC2OC(CO)C(O)C(O)C2O)s1. The topological polar surface area (TPSA) is 159 Å². The van der Waals surface area contributed by atoms with Crippen LogP contribution in [0.15, 0.2) is 29.1 Å². The minimum Gasteiger partial charge on any atom is -0.394 e. The van der Waals surface area contributed by atoms with Crippen LogP contribution in [0.2, 0.25) is 0 Å². The molecule has 1 fully saturated rings. The van der Waals surface area contributed by atoms with Gasteiger partial charge in [0, 0.05) is 12.4 Å². The highest BCUT2D eigenvalue weighted by atomic mass is 32.2. The minimum atomic E-state index is -1.47. The predicted molar refractivity (Wildman–Crippen MR) is 113 cm³/mol. The largest absolute Gasteiger partial charge is 0.394 e. The summed E-state index contributed by atoms with van der Waals surface area (Å²) in [5.74, 6) is -0.233. The van der Waals surface area contributed by atoms with Crippen molar-refractivity contribution in [3.8, 4) is 10.7 Å². The molecule has 10 nitrogen and oxygen atoms in total. The molecule has 5 unspecified atom stereocenters. The Morgan fingerprint density at radius 1 is 1.13 bits per heavy atom. The van der Waals surface area contributed by atoms with Gasteiger partial charge in [0.1, 0.15) is 40.6 Å². The Hall–Kier alpha value is -1.84. The predicted octanol–water partition coefficient (Wildman–Crippen LogP) is 0.488. The molecule has 4 N–H and O–H groups in total. The van der Waals surface area contributed by atoms with Crippen molar-refractivity contribution >= 4 is 40.2 Å². The van der Waals surface area contributed by atoms with Crippen molar-refractivity contribution in [3.05, 3.63) is 40.2 Å². The van der Waals surface area contributed by atoms with Crippen LogP contribution in [0, 0.1) is 6.92 Å². The van der Waals surface area contributed by atoms with E-state index in [4.69, 9.17) is 4.74 Å². The molecule has 0 radical (unpaired) electrons. The number of thiazole rings is 2. The van der Waals surface area contributed by atoms with Crippen molar-refractivity contribution in [1.82, 2.24) is 19.9 Å². The number of hydrogen-bond acceptors (Lipinski definition) is 13. The molecule has 4 heterocycles. The van der Waals surface area contributed by atoms with Gasteiger partial charge in [-0.2, -0.15) is 0 Å². The van der Waals surface area contributed by atoms with Crippen molar-refractivity contribution in [1.29, 1.82) is 0 Å². The molecule has 1 saturated heterocycles. The van der Waals surface area contributed by atoms with E-state index < -0.39 is 36.5 Å². The molecule has 3 aromatic heterocycles. The summed E-state index contributed by atoms with van der Waals surface area (Å²) in [6.07, 6.45) is 0.836. The molecule has 0 aliphatic carbocycles. The van der Waals surface area contributed by atoms with Gasteiger partial charge in [-0.1, -0.05) is 11.8 Å². The number of hydrogen-bond donors (Lipinski definition) is 4. The fraction of sp³-hybridized carbons (Fsp3) is 0.389. The van der Waals surface area contributed by atoms with Gasteiger partial charge in [-0.15, -0.1) is 22.7 Å². The highest BCUT2D eigenvalue weighted by Gasteiger charge is 2.44. The van der Waals surface area contributed by atoms with Gasteiger partial charge in [0.15, 0.2) is 4.34 Å². The number of ether oxygens (including phenoxy) is 1. The third-order valence-corrected chi connectivity index (χ3v) is 8.00. The Balaban J connectivity index is 1.50. The van der Waals surface area contributed by atoms with Crippen LogP contribution in [0.4, 0.5) is 0 Å². The first-order valence-electron chi connectivity index (χ1n) is 9.10. The highest BCUT2D eigenvalue weighted by Crippen LogP contribution is 2.36. The average molecular weight is 483 g/mol. The van der Waals surface area contributed by atoms with Gasteiger partial charge in [-0.3, -0.25) is 14.8 Å². The van der Waals surface area contributed by atoms with E-state index in [9.17, 15) is 25.2 Å². The van der Waals surface area contributed by atoms with Gasteiger partial charge in [0.2, 0.25) is 5.78 Å². The molecule has 164 valence electrons.